The summed E-state index contributed by atoms with van der Waals surface area (Å²) in [5.41, 5.74) is 3.13. The van der Waals surface area contributed by atoms with Crippen LogP contribution in [-0.4, -0.2) is 25.3 Å². The second-order valence-corrected chi connectivity index (χ2v) is 7.47. The average Bonchev–Trinajstić information content (AvgIpc) is 2.75. The molecular weight excluding hydrogens is 435 g/mol. The third kappa shape index (κ3) is 6.48. The number of carbonyl (C=O) groups is 1. The highest BCUT2D eigenvalue weighted by Gasteiger charge is 2.14. The monoisotopic (exact) mass is 456 g/mol. The number of para-hydroxylation sites is 1. The van der Waals surface area contributed by atoms with Crippen molar-refractivity contribution >= 4 is 46.7 Å². The molecule has 0 atom stereocenters. The molecule has 0 aliphatic carbocycles. The van der Waals surface area contributed by atoms with Crippen LogP contribution in [0.2, 0.25) is 10.0 Å². The molecule has 0 heterocycles. The number of rotatable bonds is 8. The van der Waals surface area contributed by atoms with E-state index in [2.05, 4.69) is 10.3 Å². The van der Waals surface area contributed by atoms with Crippen LogP contribution in [0, 0.1) is 6.92 Å². The van der Waals surface area contributed by atoms with Crippen LogP contribution in [0.25, 0.3) is 0 Å². The third-order valence-corrected chi connectivity index (χ3v) is 4.94. The van der Waals surface area contributed by atoms with Crippen LogP contribution in [0.4, 0.5) is 11.4 Å². The number of nitrogens with one attached hydrogen (secondary N) is 1. The van der Waals surface area contributed by atoms with Gasteiger partial charge in [0.1, 0.15) is 0 Å². The van der Waals surface area contributed by atoms with Gasteiger partial charge in [-0.05, 0) is 61.4 Å². The summed E-state index contributed by atoms with van der Waals surface area (Å²) < 4.78 is 11.3. The predicted molar refractivity (Wildman–Crippen MR) is 127 cm³/mol. The molecule has 160 valence electrons. The fourth-order valence-corrected chi connectivity index (χ4v) is 3.18. The Morgan fingerprint density at radius 1 is 1.03 bits per heavy atom. The van der Waals surface area contributed by atoms with E-state index in [1.807, 2.05) is 44.2 Å². The molecule has 1 N–H and O–H groups in total. The topological polar surface area (TPSA) is 59.9 Å². The molecule has 0 unspecified atom stereocenters. The van der Waals surface area contributed by atoms with E-state index in [0.717, 1.165) is 16.8 Å². The van der Waals surface area contributed by atoms with Crippen molar-refractivity contribution < 1.29 is 14.3 Å². The van der Waals surface area contributed by atoms with Crippen LogP contribution in [0.3, 0.4) is 0 Å². The number of hydrogen-bond donors (Lipinski definition) is 1. The maximum atomic E-state index is 12.2. The number of carbonyl (C=O) groups excluding carboxylic acids is 1. The largest absolute Gasteiger partial charge is 0.490 e. The van der Waals surface area contributed by atoms with Gasteiger partial charge in [0.05, 0.1) is 17.3 Å². The smallest absolute Gasteiger partial charge is 0.262 e. The Kier molecular flexibility index (Phi) is 7.93. The van der Waals surface area contributed by atoms with Crippen LogP contribution >= 0.6 is 23.2 Å². The summed E-state index contributed by atoms with van der Waals surface area (Å²) in [6.07, 6.45) is 1.67. The first-order chi connectivity index (χ1) is 15.0. The SMILES string of the molecule is CCOc1cc(C=Nc2ccc(C)c(Cl)c2)cc(Cl)c1OCC(=O)Nc1ccccc1. The van der Waals surface area contributed by atoms with Gasteiger partial charge in [0, 0.05) is 16.9 Å². The van der Waals surface area contributed by atoms with Gasteiger partial charge >= 0.3 is 0 Å². The molecule has 7 heteroatoms. The summed E-state index contributed by atoms with van der Waals surface area (Å²) in [6, 6.07) is 18.2. The summed E-state index contributed by atoms with van der Waals surface area (Å²) in [4.78, 5) is 16.6. The number of ether oxygens (including phenoxy) is 2. The molecule has 0 spiro atoms. The van der Waals surface area contributed by atoms with Crippen molar-refractivity contribution in [2.75, 3.05) is 18.5 Å². The van der Waals surface area contributed by atoms with Crippen LogP contribution < -0.4 is 14.8 Å². The summed E-state index contributed by atoms with van der Waals surface area (Å²) in [7, 11) is 0. The van der Waals surface area contributed by atoms with E-state index in [-0.39, 0.29) is 12.5 Å². The lowest BCUT2D eigenvalue weighted by molar-refractivity contribution is -0.118. The lowest BCUT2D eigenvalue weighted by Gasteiger charge is -2.14. The maximum absolute atomic E-state index is 12.2. The van der Waals surface area contributed by atoms with Crippen molar-refractivity contribution in [3.8, 4) is 11.5 Å². The van der Waals surface area contributed by atoms with Crippen LogP contribution in [-0.2, 0) is 4.79 Å². The molecule has 0 saturated carbocycles. The first kappa shape index (κ1) is 22.7. The van der Waals surface area contributed by atoms with Crippen molar-refractivity contribution in [3.63, 3.8) is 0 Å². The minimum Gasteiger partial charge on any atom is -0.490 e. The highest BCUT2D eigenvalue weighted by molar-refractivity contribution is 6.32. The zero-order chi connectivity index (χ0) is 22.2. The Labute approximate surface area is 191 Å². The second kappa shape index (κ2) is 10.8. The molecule has 0 aliphatic heterocycles. The van der Waals surface area contributed by atoms with Gasteiger partial charge in [0.2, 0.25) is 0 Å². The van der Waals surface area contributed by atoms with Gasteiger partial charge < -0.3 is 14.8 Å². The first-order valence-corrected chi connectivity index (χ1v) is 10.5. The van der Waals surface area contributed by atoms with Crippen molar-refractivity contribution in [3.05, 3.63) is 81.8 Å². The molecule has 0 aromatic heterocycles. The van der Waals surface area contributed by atoms with Gasteiger partial charge in [-0.1, -0.05) is 47.5 Å². The van der Waals surface area contributed by atoms with E-state index in [9.17, 15) is 4.79 Å². The van der Waals surface area contributed by atoms with Crippen molar-refractivity contribution in [1.82, 2.24) is 0 Å². The highest BCUT2D eigenvalue weighted by atomic mass is 35.5. The Morgan fingerprint density at radius 3 is 2.52 bits per heavy atom. The lowest BCUT2D eigenvalue weighted by atomic mass is 10.2. The molecule has 0 fully saturated rings. The number of hydrogen-bond acceptors (Lipinski definition) is 4. The van der Waals surface area contributed by atoms with E-state index in [0.29, 0.717) is 33.8 Å². The molecule has 0 radical (unpaired) electrons. The van der Waals surface area contributed by atoms with Gasteiger partial charge in [-0.3, -0.25) is 9.79 Å². The molecule has 0 saturated heterocycles. The van der Waals surface area contributed by atoms with Crippen LogP contribution in [0.5, 0.6) is 11.5 Å². The summed E-state index contributed by atoms with van der Waals surface area (Å²) in [5.74, 6) is 0.444. The number of benzene rings is 3. The molecule has 5 nitrogen and oxygen atoms in total. The standard InChI is InChI=1S/C24H22Cl2N2O3/c1-3-30-22-12-17(14-27-19-10-9-16(2)20(25)13-19)11-21(26)24(22)31-15-23(29)28-18-7-5-4-6-8-18/h4-14H,3,15H2,1-2H3,(H,28,29). The minimum atomic E-state index is -0.299. The number of aryl methyl sites for hydroxylation is 1. The van der Waals surface area contributed by atoms with Gasteiger partial charge in [-0.2, -0.15) is 0 Å². The number of nitrogens with zero attached hydrogens (tertiary/aromatic N) is 1. The minimum absolute atomic E-state index is 0.204. The molecule has 3 aromatic rings. The quantitative estimate of drug-likeness (QED) is 0.395. The zero-order valence-corrected chi connectivity index (χ0v) is 18.7. The van der Waals surface area contributed by atoms with Crippen LogP contribution in [0.1, 0.15) is 18.1 Å². The van der Waals surface area contributed by atoms with E-state index >= 15 is 0 Å². The third-order valence-electron chi connectivity index (χ3n) is 4.25. The summed E-state index contributed by atoms with van der Waals surface area (Å²) in [6.45, 7) is 4.00. The van der Waals surface area contributed by atoms with Crippen LogP contribution in [0.15, 0.2) is 65.7 Å². The van der Waals surface area contributed by atoms with Crippen molar-refractivity contribution in [2.45, 2.75) is 13.8 Å². The molecule has 0 bridgehead atoms. The predicted octanol–water partition coefficient (Wildman–Crippen LogP) is 6.47. The highest BCUT2D eigenvalue weighted by Crippen LogP contribution is 2.36. The first-order valence-electron chi connectivity index (χ1n) is 9.70. The van der Waals surface area contributed by atoms with E-state index < -0.39 is 0 Å². The second-order valence-electron chi connectivity index (χ2n) is 6.66. The van der Waals surface area contributed by atoms with E-state index in [1.54, 1.807) is 36.5 Å². The number of anilines is 1. The molecule has 1 amide bonds. The molecule has 31 heavy (non-hydrogen) atoms. The van der Waals surface area contributed by atoms with Gasteiger partial charge in [-0.15, -0.1) is 0 Å². The Bertz CT molecular complexity index is 1090. The number of halogens is 2. The van der Waals surface area contributed by atoms with Gasteiger partial charge in [0.15, 0.2) is 18.1 Å². The Hall–Kier alpha value is -3.02. The van der Waals surface area contributed by atoms with Gasteiger partial charge in [-0.25, -0.2) is 0 Å². The summed E-state index contributed by atoms with van der Waals surface area (Å²) >= 11 is 12.6. The maximum Gasteiger partial charge on any atom is 0.262 e. The fourth-order valence-electron chi connectivity index (χ4n) is 2.73. The van der Waals surface area contributed by atoms with Gasteiger partial charge in [0.25, 0.3) is 5.91 Å². The number of aliphatic imine (C=N–C) groups is 1. The van der Waals surface area contributed by atoms with E-state index in [1.165, 1.54) is 0 Å². The normalized spacial score (nSPS) is 10.8. The molecule has 0 aliphatic rings. The molecule has 3 rings (SSSR count). The number of amides is 1. The van der Waals surface area contributed by atoms with Crippen molar-refractivity contribution in [2.24, 2.45) is 4.99 Å². The van der Waals surface area contributed by atoms with Crippen molar-refractivity contribution in [1.29, 1.82) is 0 Å². The van der Waals surface area contributed by atoms with E-state index in [4.69, 9.17) is 32.7 Å². The molecule has 3 aromatic carbocycles. The summed E-state index contributed by atoms with van der Waals surface area (Å²) in [5, 5.41) is 3.74. The fraction of sp³-hybridized carbons (Fsp3) is 0.167. The zero-order valence-electron chi connectivity index (χ0n) is 17.2. The lowest BCUT2D eigenvalue weighted by Crippen LogP contribution is -2.20. The Morgan fingerprint density at radius 2 is 1.81 bits per heavy atom. The average molecular weight is 457 g/mol. The molecular formula is C24H22Cl2N2O3. The Balaban J connectivity index is 1.74.